The Bertz CT molecular complexity index is 1080. The van der Waals surface area contributed by atoms with Crippen LogP contribution in [0.2, 0.25) is 0 Å². The van der Waals surface area contributed by atoms with E-state index in [1.165, 1.54) is 18.2 Å². The van der Waals surface area contributed by atoms with Crippen molar-refractivity contribution in [1.29, 1.82) is 0 Å². The number of anilines is 1. The number of imidazole rings is 1. The van der Waals surface area contributed by atoms with E-state index in [0.717, 1.165) is 5.56 Å². The molecule has 0 bridgehead atoms. The summed E-state index contributed by atoms with van der Waals surface area (Å²) < 4.78 is 20.4. The third kappa shape index (κ3) is 6.02. The van der Waals surface area contributed by atoms with Crippen LogP contribution in [0.25, 0.3) is 6.08 Å². The van der Waals surface area contributed by atoms with Gasteiger partial charge in [-0.3, -0.25) is 0 Å². The molecule has 2 N–H and O–H groups in total. The van der Waals surface area contributed by atoms with Gasteiger partial charge in [-0.1, -0.05) is 24.3 Å². The second-order valence-electron chi connectivity index (χ2n) is 6.69. The molecule has 160 valence electrons. The van der Waals surface area contributed by atoms with Gasteiger partial charge >= 0.3 is 12.0 Å². The van der Waals surface area contributed by atoms with Gasteiger partial charge in [0.25, 0.3) is 0 Å². The normalized spacial score (nSPS) is 11.8. The molecule has 0 saturated carbocycles. The van der Waals surface area contributed by atoms with Crippen LogP contribution in [0.4, 0.5) is 14.9 Å². The van der Waals surface area contributed by atoms with Crippen molar-refractivity contribution in [2.75, 3.05) is 11.9 Å². The number of aryl methyl sites for hydroxylation is 1. The van der Waals surface area contributed by atoms with E-state index in [0.29, 0.717) is 23.7 Å². The number of benzene rings is 2. The number of amides is 2. The zero-order valence-corrected chi connectivity index (χ0v) is 17.2. The Morgan fingerprint density at radius 1 is 1.23 bits per heavy atom. The summed E-state index contributed by atoms with van der Waals surface area (Å²) in [5, 5.41) is 5.60. The molecule has 1 atom stereocenters. The van der Waals surface area contributed by atoms with E-state index in [1.807, 2.05) is 0 Å². The van der Waals surface area contributed by atoms with Crippen LogP contribution in [0.3, 0.4) is 0 Å². The molecule has 1 aromatic heterocycles. The van der Waals surface area contributed by atoms with Crippen molar-refractivity contribution in [2.24, 2.45) is 7.05 Å². The highest BCUT2D eigenvalue weighted by Gasteiger charge is 2.21. The monoisotopic (exact) mass is 422 g/mol. The largest absolute Gasteiger partial charge is 0.463 e. The third-order valence-corrected chi connectivity index (χ3v) is 4.44. The number of carbonyl (C=O) groups is 2. The number of nitrogens with zero attached hydrogens (tertiary/aromatic N) is 2. The van der Waals surface area contributed by atoms with Gasteiger partial charge in [-0.2, -0.15) is 0 Å². The lowest BCUT2D eigenvalue weighted by molar-refractivity contribution is -0.137. The van der Waals surface area contributed by atoms with Gasteiger partial charge in [-0.15, -0.1) is 0 Å². The maximum Gasteiger partial charge on any atom is 0.330 e. The maximum atomic E-state index is 13.8. The van der Waals surface area contributed by atoms with Crippen LogP contribution in [-0.4, -0.2) is 28.2 Å². The standard InChI is InChI=1S/C23H23FN4O3/c1-3-31-20(29)12-9-16-7-10-19(11-8-16)26-23(30)27-21(22-25-13-14-28(22)2)17-5-4-6-18(24)15-17/h4-15,21H,3H2,1-2H3,(H2,26,27,30). The van der Waals surface area contributed by atoms with Crippen molar-refractivity contribution in [3.63, 3.8) is 0 Å². The van der Waals surface area contributed by atoms with E-state index in [9.17, 15) is 14.0 Å². The van der Waals surface area contributed by atoms with Gasteiger partial charge < -0.3 is 19.9 Å². The van der Waals surface area contributed by atoms with Crippen molar-refractivity contribution in [3.05, 3.63) is 89.8 Å². The Kier molecular flexibility index (Phi) is 7.16. The fourth-order valence-corrected chi connectivity index (χ4v) is 2.97. The van der Waals surface area contributed by atoms with Crippen LogP contribution in [0.1, 0.15) is 29.9 Å². The molecule has 3 rings (SSSR count). The smallest absolute Gasteiger partial charge is 0.330 e. The van der Waals surface area contributed by atoms with Crippen LogP contribution in [0.5, 0.6) is 0 Å². The zero-order chi connectivity index (χ0) is 22.2. The van der Waals surface area contributed by atoms with Crippen molar-refractivity contribution in [1.82, 2.24) is 14.9 Å². The lowest BCUT2D eigenvalue weighted by Crippen LogP contribution is -2.34. The summed E-state index contributed by atoms with van der Waals surface area (Å²) in [5.41, 5.74) is 1.91. The Morgan fingerprint density at radius 2 is 2.00 bits per heavy atom. The van der Waals surface area contributed by atoms with Gasteiger partial charge in [-0.05, 0) is 48.4 Å². The van der Waals surface area contributed by atoms with E-state index < -0.39 is 23.9 Å². The molecule has 1 heterocycles. The first-order valence-corrected chi connectivity index (χ1v) is 9.71. The number of aromatic nitrogens is 2. The van der Waals surface area contributed by atoms with E-state index in [2.05, 4.69) is 15.6 Å². The van der Waals surface area contributed by atoms with E-state index in [4.69, 9.17) is 4.74 Å². The first-order chi connectivity index (χ1) is 15.0. The van der Waals surface area contributed by atoms with Gasteiger partial charge in [0.15, 0.2) is 0 Å². The van der Waals surface area contributed by atoms with Crippen molar-refractivity contribution in [2.45, 2.75) is 13.0 Å². The number of carbonyl (C=O) groups excluding carboxylic acids is 2. The first kappa shape index (κ1) is 21.8. The van der Waals surface area contributed by atoms with Crippen LogP contribution in [0, 0.1) is 5.82 Å². The molecule has 0 fully saturated rings. The minimum Gasteiger partial charge on any atom is -0.463 e. The molecule has 0 spiro atoms. The number of hydrogen-bond donors (Lipinski definition) is 2. The molecule has 0 radical (unpaired) electrons. The number of hydrogen-bond acceptors (Lipinski definition) is 4. The SMILES string of the molecule is CCOC(=O)C=Cc1ccc(NC(=O)NC(c2cccc(F)c2)c2nccn2C)cc1. The summed E-state index contributed by atoms with van der Waals surface area (Å²) in [7, 11) is 1.80. The molecular formula is C23H23FN4O3. The molecule has 7 nitrogen and oxygen atoms in total. The molecule has 8 heteroatoms. The van der Waals surface area contributed by atoms with E-state index in [-0.39, 0.29) is 0 Å². The molecule has 31 heavy (non-hydrogen) atoms. The minimum absolute atomic E-state index is 0.316. The molecule has 2 aromatic carbocycles. The third-order valence-electron chi connectivity index (χ3n) is 4.44. The minimum atomic E-state index is -0.637. The van der Waals surface area contributed by atoms with Crippen molar-refractivity contribution in [3.8, 4) is 0 Å². The molecule has 0 aliphatic heterocycles. The molecule has 0 aliphatic carbocycles. The van der Waals surface area contributed by atoms with Gasteiger partial charge in [0.2, 0.25) is 0 Å². The summed E-state index contributed by atoms with van der Waals surface area (Å²) in [5.74, 6) is -0.243. The van der Waals surface area contributed by atoms with Gasteiger partial charge in [0, 0.05) is 31.2 Å². The molecule has 2 amide bonds. The quantitative estimate of drug-likeness (QED) is 0.444. The van der Waals surface area contributed by atoms with E-state index >= 15 is 0 Å². The number of nitrogens with one attached hydrogen (secondary N) is 2. The lowest BCUT2D eigenvalue weighted by Gasteiger charge is -2.19. The number of halogens is 1. The van der Waals surface area contributed by atoms with Crippen LogP contribution >= 0.6 is 0 Å². The first-order valence-electron chi connectivity index (χ1n) is 9.71. The number of ether oxygens (including phenoxy) is 1. The summed E-state index contributed by atoms with van der Waals surface area (Å²) >= 11 is 0. The molecule has 1 unspecified atom stereocenters. The van der Waals surface area contributed by atoms with Crippen LogP contribution < -0.4 is 10.6 Å². The predicted molar refractivity (Wildman–Crippen MR) is 116 cm³/mol. The van der Waals surface area contributed by atoms with Gasteiger partial charge in [0.05, 0.1) is 6.61 Å². The molecular weight excluding hydrogens is 399 g/mol. The summed E-state index contributed by atoms with van der Waals surface area (Å²) in [6.07, 6.45) is 6.34. The Labute approximate surface area is 179 Å². The molecule has 3 aromatic rings. The number of urea groups is 1. The van der Waals surface area contributed by atoms with Gasteiger partial charge in [-0.25, -0.2) is 19.0 Å². The molecule has 0 aliphatic rings. The summed E-state index contributed by atoms with van der Waals surface area (Å²) in [4.78, 5) is 28.3. The fourth-order valence-electron chi connectivity index (χ4n) is 2.97. The van der Waals surface area contributed by atoms with E-state index in [1.54, 1.807) is 73.4 Å². The predicted octanol–water partition coefficient (Wildman–Crippen LogP) is 4.05. The zero-order valence-electron chi connectivity index (χ0n) is 17.2. The van der Waals surface area contributed by atoms with Crippen LogP contribution in [-0.2, 0) is 16.6 Å². The Balaban J connectivity index is 1.70. The second-order valence-corrected chi connectivity index (χ2v) is 6.69. The highest BCUT2D eigenvalue weighted by atomic mass is 19.1. The molecule has 0 saturated heterocycles. The summed E-state index contributed by atoms with van der Waals surface area (Å²) in [6.45, 7) is 2.06. The second kappa shape index (κ2) is 10.2. The van der Waals surface area contributed by atoms with Crippen molar-refractivity contribution >= 4 is 23.8 Å². The summed E-state index contributed by atoms with van der Waals surface area (Å²) in [6, 6.07) is 11.9. The van der Waals surface area contributed by atoms with Crippen LogP contribution in [0.15, 0.2) is 67.0 Å². The maximum absolute atomic E-state index is 13.8. The Morgan fingerprint density at radius 3 is 2.65 bits per heavy atom. The fraction of sp³-hybridized carbons (Fsp3) is 0.174. The van der Waals surface area contributed by atoms with Crippen molar-refractivity contribution < 1.29 is 18.7 Å². The highest BCUT2D eigenvalue weighted by Crippen LogP contribution is 2.21. The Hall–Kier alpha value is -3.94. The number of rotatable bonds is 7. The highest BCUT2D eigenvalue weighted by molar-refractivity contribution is 5.90. The topological polar surface area (TPSA) is 85.2 Å². The number of esters is 1. The average molecular weight is 422 g/mol. The lowest BCUT2D eigenvalue weighted by atomic mass is 10.1. The average Bonchev–Trinajstić information content (AvgIpc) is 3.17. The van der Waals surface area contributed by atoms with Gasteiger partial charge in [0.1, 0.15) is 17.7 Å².